The second-order valence-electron chi connectivity index (χ2n) is 7.58. The van der Waals surface area contributed by atoms with E-state index in [9.17, 15) is 14.9 Å². The topological polar surface area (TPSA) is 93.9 Å². The molecule has 0 aromatic heterocycles. The van der Waals surface area contributed by atoms with E-state index in [4.69, 9.17) is 21.7 Å². The summed E-state index contributed by atoms with van der Waals surface area (Å²) in [6.45, 7) is 7.19. The first-order valence-electron chi connectivity index (χ1n) is 10.8. The Labute approximate surface area is 187 Å². The predicted molar refractivity (Wildman–Crippen MR) is 121 cm³/mol. The van der Waals surface area contributed by atoms with Gasteiger partial charge in [0, 0.05) is 30.3 Å². The van der Waals surface area contributed by atoms with Gasteiger partial charge in [0.1, 0.15) is 0 Å². The minimum atomic E-state index is -0.554. The number of carbonyl (C=O) groups excluding carboxylic acids is 1. The number of benzene rings is 1. The number of nitro benzene ring substituents is 1. The summed E-state index contributed by atoms with van der Waals surface area (Å²) in [4.78, 5) is 26.3. The van der Waals surface area contributed by atoms with Gasteiger partial charge >= 0.3 is 5.69 Å². The third kappa shape index (κ3) is 4.66. The molecule has 8 nitrogen and oxygen atoms in total. The first-order chi connectivity index (χ1) is 14.9. The minimum Gasteiger partial charge on any atom is -0.490 e. The molecule has 0 spiro atoms. The van der Waals surface area contributed by atoms with Crippen molar-refractivity contribution in [2.24, 2.45) is 0 Å². The van der Waals surface area contributed by atoms with E-state index in [2.05, 4.69) is 12.2 Å². The summed E-state index contributed by atoms with van der Waals surface area (Å²) in [5.41, 5.74) is 1.97. The Kier molecular flexibility index (Phi) is 7.48. The molecule has 1 aromatic carbocycles. The molecule has 168 valence electrons. The highest BCUT2D eigenvalue weighted by atomic mass is 32.1. The Morgan fingerprint density at radius 3 is 2.65 bits per heavy atom. The first kappa shape index (κ1) is 23.0. The van der Waals surface area contributed by atoms with Gasteiger partial charge in [0.25, 0.3) is 0 Å². The van der Waals surface area contributed by atoms with Crippen molar-refractivity contribution in [1.29, 1.82) is 0 Å². The number of nitrogens with zero attached hydrogens (tertiary/aromatic N) is 2. The average molecular weight is 448 g/mol. The fourth-order valence-corrected chi connectivity index (χ4v) is 4.40. The van der Waals surface area contributed by atoms with Crippen molar-refractivity contribution >= 4 is 28.8 Å². The summed E-state index contributed by atoms with van der Waals surface area (Å²) in [6, 6.07) is 2.64. The zero-order chi connectivity index (χ0) is 22.5. The number of nitrogens with one attached hydrogen (secondary N) is 1. The van der Waals surface area contributed by atoms with Gasteiger partial charge in [-0.25, -0.2) is 0 Å². The number of hydrogen-bond acceptors (Lipinski definition) is 6. The molecule has 1 aliphatic heterocycles. The van der Waals surface area contributed by atoms with E-state index < -0.39 is 11.0 Å². The molecule has 0 radical (unpaired) electrons. The van der Waals surface area contributed by atoms with E-state index in [1.807, 2.05) is 18.7 Å². The largest absolute Gasteiger partial charge is 0.490 e. The third-order valence-corrected chi connectivity index (χ3v) is 5.68. The predicted octanol–water partition coefficient (Wildman–Crippen LogP) is 4.43. The number of hydrogen-bond donors (Lipinski definition) is 1. The summed E-state index contributed by atoms with van der Waals surface area (Å²) in [5.74, 6) is 0.469. The van der Waals surface area contributed by atoms with Crippen molar-refractivity contribution in [3.63, 3.8) is 0 Å². The van der Waals surface area contributed by atoms with E-state index in [0.717, 1.165) is 31.5 Å². The van der Waals surface area contributed by atoms with Crippen molar-refractivity contribution in [3.8, 4) is 11.5 Å². The summed E-state index contributed by atoms with van der Waals surface area (Å²) >= 11 is 5.61. The first-order valence-corrected chi connectivity index (χ1v) is 11.3. The second-order valence-corrected chi connectivity index (χ2v) is 7.96. The molecule has 1 heterocycles. The van der Waals surface area contributed by atoms with E-state index in [-0.39, 0.29) is 17.2 Å². The van der Waals surface area contributed by atoms with Crippen molar-refractivity contribution in [3.05, 3.63) is 39.1 Å². The smallest absolute Gasteiger partial charge is 0.315 e. The van der Waals surface area contributed by atoms with Crippen molar-refractivity contribution in [1.82, 2.24) is 10.2 Å². The van der Waals surface area contributed by atoms with Crippen molar-refractivity contribution in [2.75, 3.05) is 19.8 Å². The summed E-state index contributed by atoms with van der Waals surface area (Å²) in [7, 11) is 0. The van der Waals surface area contributed by atoms with Gasteiger partial charge in [-0.15, -0.1) is 0 Å². The van der Waals surface area contributed by atoms with Crippen LogP contribution in [-0.2, 0) is 4.79 Å². The Morgan fingerprint density at radius 2 is 2.00 bits per heavy atom. The van der Waals surface area contributed by atoms with Crippen molar-refractivity contribution in [2.45, 2.75) is 58.9 Å². The van der Waals surface area contributed by atoms with Gasteiger partial charge in [-0.3, -0.25) is 14.9 Å². The maximum Gasteiger partial charge on any atom is 0.315 e. The summed E-state index contributed by atoms with van der Waals surface area (Å²) < 4.78 is 11.4. The molecule has 9 heteroatoms. The number of nitro groups is 1. The Bertz CT molecular complexity index is 915. The standard InChI is InChI=1S/C22H29N3O5S/c1-4-10-24-15-8-7-9-17(26)19(15)20(23-22(24)31)14-12-16(25(27)28)21(30-11-5-2)18(13-14)29-6-3/h12-13,20H,4-11H2,1-3H3,(H,23,31). The Morgan fingerprint density at radius 1 is 1.23 bits per heavy atom. The highest BCUT2D eigenvalue weighted by molar-refractivity contribution is 7.80. The molecule has 1 unspecified atom stereocenters. The number of ether oxygens (including phenoxy) is 2. The number of ketones is 1. The van der Waals surface area contributed by atoms with E-state index in [1.54, 1.807) is 6.07 Å². The fraction of sp³-hybridized carbons (Fsp3) is 0.545. The number of carbonyl (C=O) groups is 1. The number of rotatable bonds is 9. The van der Waals surface area contributed by atoms with Crippen LogP contribution in [0.5, 0.6) is 11.5 Å². The quantitative estimate of drug-likeness (QED) is 0.338. The highest BCUT2D eigenvalue weighted by Crippen LogP contribution is 2.44. The Hall–Kier alpha value is -2.68. The lowest BCUT2D eigenvalue weighted by atomic mass is 9.84. The normalized spacial score (nSPS) is 18.5. The fourth-order valence-electron chi connectivity index (χ4n) is 4.08. The van der Waals surface area contributed by atoms with Crippen LogP contribution in [0.25, 0.3) is 0 Å². The van der Waals surface area contributed by atoms with Gasteiger partial charge in [0.2, 0.25) is 5.75 Å². The van der Waals surface area contributed by atoms with Crippen LogP contribution in [0, 0.1) is 10.1 Å². The van der Waals surface area contributed by atoms with E-state index in [0.29, 0.717) is 48.1 Å². The molecule has 0 saturated heterocycles. The van der Waals surface area contributed by atoms with Crippen LogP contribution in [0.1, 0.15) is 64.5 Å². The lowest BCUT2D eigenvalue weighted by molar-refractivity contribution is -0.386. The van der Waals surface area contributed by atoms with Gasteiger partial charge in [-0.1, -0.05) is 13.8 Å². The minimum absolute atomic E-state index is 0.0503. The van der Waals surface area contributed by atoms with Crippen LogP contribution in [-0.4, -0.2) is 40.5 Å². The average Bonchev–Trinajstić information content (AvgIpc) is 2.74. The Balaban J connectivity index is 2.16. The van der Waals surface area contributed by atoms with Crippen LogP contribution in [0.4, 0.5) is 5.69 Å². The van der Waals surface area contributed by atoms with Crippen LogP contribution < -0.4 is 14.8 Å². The van der Waals surface area contributed by atoms with E-state index in [1.165, 1.54) is 6.07 Å². The zero-order valence-corrected chi connectivity index (χ0v) is 19.0. The lowest BCUT2D eigenvalue weighted by Gasteiger charge is -2.41. The zero-order valence-electron chi connectivity index (χ0n) is 18.2. The maximum atomic E-state index is 12.9. The maximum absolute atomic E-state index is 12.9. The van der Waals surface area contributed by atoms with E-state index >= 15 is 0 Å². The summed E-state index contributed by atoms with van der Waals surface area (Å²) in [6.07, 6.45) is 3.60. The van der Waals surface area contributed by atoms with Crippen LogP contribution >= 0.6 is 12.2 Å². The van der Waals surface area contributed by atoms with Gasteiger partial charge in [0.05, 0.1) is 24.2 Å². The number of Topliss-reactive ketones (excluding diaryl/α,β-unsaturated/α-hetero) is 1. The molecule has 1 aromatic rings. The van der Waals surface area contributed by atoms with Gasteiger partial charge in [0.15, 0.2) is 16.6 Å². The molecule has 0 saturated carbocycles. The molecule has 0 fully saturated rings. The third-order valence-electron chi connectivity index (χ3n) is 5.34. The lowest BCUT2D eigenvalue weighted by Crippen LogP contribution is -2.49. The van der Waals surface area contributed by atoms with Crippen LogP contribution in [0.15, 0.2) is 23.4 Å². The number of allylic oxidation sites excluding steroid dienone is 1. The molecular weight excluding hydrogens is 418 g/mol. The highest BCUT2D eigenvalue weighted by Gasteiger charge is 2.38. The molecule has 0 amide bonds. The van der Waals surface area contributed by atoms with Crippen molar-refractivity contribution < 1.29 is 19.2 Å². The summed E-state index contributed by atoms with van der Waals surface area (Å²) in [5, 5.41) is 15.7. The molecule has 3 rings (SSSR count). The second kappa shape index (κ2) is 10.1. The van der Waals surface area contributed by atoms with Gasteiger partial charge in [-0.05, 0) is 56.5 Å². The number of thiocarbonyl (C=S) groups is 1. The van der Waals surface area contributed by atoms with Crippen LogP contribution in [0.2, 0.25) is 0 Å². The molecule has 0 bridgehead atoms. The molecule has 1 N–H and O–H groups in total. The SMILES string of the molecule is CCCOc1c(OCC)cc(C2NC(=S)N(CCC)C3=C2C(=O)CCC3)cc1[N+](=O)[O-]. The molecular formula is C22H29N3O5S. The molecule has 1 aliphatic carbocycles. The monoisotopic (exact) mass is 447 g/mol. The molecule has 31 heavy (non-hydrogen) atoms. The van der Waals surface area contributed by atoms with Gasteiger partial charge in [-0.2, -0.15) is 0 Å². The molecule has 2 aliphatic rings. The van der Waals surface area contributed by atoms with Crippen LogP contribution in [0.3, 0.4) is 0 Å². The van der Waals surface area contributed by atoms with Gasteiger partial charge < -0.3 is 19.7 Å². The molecule has 1 atom stereocenters.